The van der Waals surface area contributed by atoms with Crippen molar-refractivity contribution in [3.05, 3.63) is 65.7 Å². The van der Waals surface area contributed by atoms with Gasteiger partial charge in [-0.05, 0) is 37.5 Å². The Morgan fingerprint density at radius 3 is 2.27 bits per heavy atom. The normalized spacial score (nSPS) is 15.1. The SMILES string of the molecule is Cc1ccc(S(=O)(=O)N(C#CC2CCCCC2)Cc2ccccc2)cc1. The number of benzene rings is 2. The number of nitrogens with zero attached hydrogens (tertiary/aromatic N) is 1. The average molecular weight is 368 g/mol. The third-order valence-corrected chi connectivity index (χ3v) is 6.45. The summed E-state index contributed by atoms with van der Waals surface area (Å²) >= 11 is 0. The second-order valence-corrected chi connectivity index (χ2v) is 8.76. The van der Waals surface area contributed by atoms with Gasteiger partial charge >= 0.3 is 0 Å². The Bertz CT molecular complexity index is 871. The summed E-state index contributed by atoms with van der Waals surface area (Å²) in [6, 6.07) is 19.6. The maximum Gasteiger partial charge on any atom is 0.271 e. The minimum Gasteiger partial charge on any atom is -0.220 e. The van der Waals surface area contributed by atoms with Crippen molar-refractivity contribution in [3.63, 3.8) is 0 Å². The third kappa shape index (κ3) is 4.68. The van der Waals surface area contributed by atoms with Crippen LogP contribution in [0.15, 0.2) is 59.5 Å². The largest absolute Gasteiger partial charge is 0.271 e. The molecule has 2 aromatic carbocycles. The Labute approximate surface area is 157 Å². The number of hydrogen-bond donors (Lipinski definition) is 0. The monoisotopic (exact) mass is 367 g/mol. The molecule has 0 radical (unpaired) electrons. The summed E-state index contributed by atoms with van der Waals surface area (Å²) in [6.07, 6.45) is 5.76. The molecule has 0 spiro atoms. The minimum atomic E-state index is -3.66. The Kier molecular flexibility index (Phi) is 6.00. The molecule has 0 heterocycles. The smallest absolute Gasteiger partial charge is 0.220 e. The predicted octanol–water partition coefficient (Wildman–Crippen LogP) is 4.73. The lowest BCUT2D eigenvalue weighted by molar-refractivity contribution is 0.428. The van der Waals surface area contributed by atoms with Crippen LogP contribution >= 0.6 is 0 Å². The van der Waals surface area contributed by atoms with Crippen molar-refractivity contribution >= 4 is 10.0 Å². The first-order valence-corrected chi connectivity index (χ1v) is 10.6. The zero-order valence-corrected chi connectivity index (χ0v) is 16.0. The van der Waals surface area contributed by atoms with Crippen molar-refractivity contribution in [2.24, 2.45) is 5.92 Å². The Morgan fingerprint density at radius 1 is 0.962 bits per heavy atom. The summed E-state index contributed by atoms with van der Waals surface area (Å²) in [5.41, 5.74) is 1.97. The van der Waals surface area contributed by atoms with E-state index in [1.54, 1.807) is 12.1 Å². The van der Waals surface area contributed by atoms with E-state index < -0.39 is 10.0 Å². The van der Waals surface area contributed by atoms with Crippen LogP contribution in [0.25, 0.3) is 0 Å². The lowest BCUT2D eigenvalue weighted by Crippen LogP contribution is -2.26. The van der Waals surface area contributed by atoms with Crippen LogP contribution in [-0.4, -0.2) is 12.7 Å². The standard InChI is InChI=1S/C22H25NO2S/c1-19-12-14-22(15-13-19)26(24,25)23(18-21-10-6-3-7-11-21)17-16-20-8-4-2-5-9-20/h3,6-7,10-15,20H,2,4-5,8-9,18H2,1H3. The lowest BCUT2D eigenvalue weighted by atomic mass is 9.90. The molecule has 0 unspecified atom stereocenters. The summed E-state index contributed by atoms with van der Waals surface area (Å²) < 4.78 is 27.6. The van der Waals surface area contributed by atoms with Crippen LogP contribution in [0.3, 0.4) is 0 Å². The van der Waals surface area contributed by atoms with Gasteiger partial charge < -0.3 is 0 Å². The Balaban J connectivity index is 1.91. The van der Waals surface area contributed by atoms with E-state index in [0.717, 1.165) is 24.0 Å². The van der Waals surface area contributed by atoms with Gasteiger partial charge in [0.05, 0.1) is 11.4 Å². The van der Waals surface area contributed by atoms with E-state index in [2.05, 4.69) is 12.0 Å². The Morgan fingerprint density at radius 2 is 1.62 bits per heavy atom. The molecule has 0 aromatic heterocycles. The fraction of sp³-hybridized carbons (Fsp3) is 0.364. The number of aryl methyl sites for hydroxylation is 1. The first kappa shape index (κ1) is 18.5. The van der Waals surface area contributed by atoms with E-state index >= 15 is 0 Å². The first-order chi connectivity index (χ1) is 12.6. The lowest BCUT2D eigenvalue weighted by Gasteiger charge is -2.20. The molecule has 0 amide bonds. The van der Waals surface area contributed by atoms with Gasteiger partial charge in [0.15, 0.2) is 0 Å². The van der Waals surface area contributed by atoms with Gasteiger partial charge in [0, 0.05) is 12.0 Å². The molecule has 1 fully saturated rings. The first-order valence-electron chi connectivity index (χ1n) is 9.20. The van der Waals surface area contributed by atoms with Crippen molar-refractivity contribution in [1.29, 1.82) is 0 Å². The quantitative estimate of drug-likeness (QED) is 0.579. The van der Waals surface area contributed by atoms with Gasteiger partial charge in [-0.15, -0.1) is 0 Å². The van der Waals surface area contributed by atoms with Crippen LogP contribution in [0, 0.1) is 24.8 Å². The summed E-state index contributed by atoms with van der Waals surface area (Å²) in [5.74, 6) is 3.53. The fourth-order valence-corrected chi connectivity index (χ4v) is 4.41. The van der Waals surface area contributed by atoms with E-state index in [1.807, 2.05) is 49.4 Å². The van der Waals surface area contributed by atoms with Crippen LogP contribution in [0.4, 0.5) is 0 Å². The molecule has 3 nitrogen and oxygen atoms in total. The predicted molar refractivity (Wildman–Crippen MR) is 105 cm³/mol. The van der Waals surface area contributed by atoms with E-state index in [-0.39, 0.29) is 11.4 Å². The van der Waals surface area contributed by atoms with Gasteiger partial charge in [-0.25, -0.2) is 12.7 Å². The topological polar surface area (TPSA) is 37.4 Å². The van der Waals surface area contributed by atoms with Crippen molar-refractivity contribution < 1.29 is 8.42 Å². The number of hydrogen-bond acceptors (Lipinski definition) is 2. The molecule has 2 aromatic rings. The molecule has 0 aliphatic heterocycles. The Hall–Kier alpha value is -2.25. The summed E-state index contributed by atoms with van der Waals surface area (Å²) in [6.45, 7) is 2.21. The maximum atomic E-state index is 13.1. The average Bonchev–Trinajstić information content (AvgIpc) is 2.67. The van der Waals surface area contributed by atoms with Crippen molar-refractivity contribution in [2.75, 3.05) is 0 Å². The van der Waals surface area contributed by atoms with E-state index in [9.17, 15) is 8.42 Å². The van der Waals surface area contributed by atoms with Gasteiger partial charge in [0.25, 0.3) is 10.0 Å². The molecular formula is C22H25NO2S. The zero-order chi connectivity index (χ0) is 18.4. The molecule has 0 atom stereocenters. The molecule has 1 aliphatic rings. The molecule has 136 valence electrons. The molecular weight excluding hydrogens is 342 g/mol. The van der Waals surface area contributed by atoms with Crippen LogP contribution in [0.2, 0.25) is 0 Å². The number of sulfonamides is 1. The fourth-order valence-electron chi connectivity index (χ4n) is 3.18. The van der Waals surface area contributed by atoms with Crippen LogP contribution < -0.4 is 0 Å². The van der Waals surface area contributed by atoms with E-state index in [1.165, 1.54) is 23.6 Å². The highest BCUT2D eigenvalue weighted by Gasteiger charge is 2.22. The molecule has 4 heteroatoms. The van der Waals surface area contributed by atoms with Crippen molar-refractivity contribution in [1.82, 2.24) is 4.31 Å². The minimum absolute atomic E-state index is 0.261. The summed E-state index contributed by atoms with van der Waals surface area (Å²) in [4.78, 5) is 0.289. The van der Waals surface area contributed by atoms with E-state index in [4.69, 9.17) is 0 Å². The molecule has 0 saturated heterocycles. The second-order valence-electron chi connectivity index (χ2n) is 6.90. The highest BCUT2D eigenvalue weighted by atomic mass is 32.2. The van der Waals surface area contributed by atoms with Gasteiger partial charge in [0.2, 0.25) is 0 Å². The highest BCUT2D eigenvalue weighted by molar-refractivity contribution is 7.89. The summed E-state index contributed by atoms with van der Waals surface area (Å²) in [5, 5.41) is 0. The molecule has 3 rings (SSSR count). The van der Waals surface area contributed by atoms with Crippen LogP contribution in [0.5, 0.6) is 0 Å². The van der Waals surface area contributed by atoms with Crippen LogP contribution in [-0.2, 0) is 16.6 Å². The third-order valence-electron chi connectivity index (χ3n) is 4.78. The molecule has 1 aliphatic carbocycles. The van der Waals surface area contributed by atoms with Gasteiger partial charge in [0.1, 0.15) is 0 Å². The summed E-state index contributed by atoms with van der Waals surface area (Å²) in [7, 11) is -3.66. The molecule has 26 heavy (non-hydrogen) atoms. The highest BCUT2D eigenvalue weighted by Crippen LogP contribution is 2.23. The second kappa shape index (κ2) is 8.42. The molecule has 0 N–H and O–H groups in total. The molecule has 1 saturated carbocycles. The zero-order valence-electron chi connectivity index (χ0n) is 15.2. The van der Waals surface area contributed by atoms with Crippen molar-refractivity contribution in [2.45, 2.75) is 50.5 Å². The maximum absolute atomic E-state index is 13.1. The number of rotatable bonds is 4. The van der Waals surface area contributed by atoms with Crippen molar-refractivity contribution in [3.8, 4) is 12.0 Å². The van der Waals surface area contributed by atoms with Gasteiger partial charge in [-0.3, -0.25) is 0 Å². The van der Waals surface area contributed by atoms with E-state index in [0.29, 0.717) is 5.92 Å². The molecule has 0 bridgehead atoms. The van der Waals surface area contributed by atoms with Gasteiger partial charge in [-0.1, -0.05) is 73.2 Å². The van der Waals surface area contributed by atoms with Gasteiger partial charge in [-0.2, -0.15) is 0 Å². The van der Waals surface area contributed by atoms with Crippen LogP contribution in [0.1, 0.15) is 43.2 Å².